The second kappa shape index (κ2) is 6.10. The molecule has 7 nitrogen and oxygen atoms in total. The zero-order valence-electron chi connectivity index (χ0n) is 11.5. The molecule has 21 heavy (non-hydrogen) atoms. The molecule has 0 aliphatic heterocycles. The molecule has 9 heteroatoms. The number of ether oxygens (including phenoxy) is 1. The van der Waals surface area contributed by atoms with Crippen molar-refractivity contribution >= 4 is 15.7 Å². The Balaban J connectivity index is 2.29. The van der Waals surface area contributed by atoms with Gasteiger partial charge in [-0.05, 0) is 19.2 Å². The van der Waals surface area contributed by atoms with Crippen LogP contribution < -0.4 is 14.8 Å². The van der Waals surface area contributed by atoms with Gasteiger partial charge in [-0.3, -0.25) is 9.82 Å². The van der Waals surface area contributed by atoms with Crippen LogP contribution in [0.4, 0.5) is 10.1 Å². The van der Waals surface area contributed by atoms with Crippen LogP contribution in [0.2, 0.25) is 0 Å². The topological polar surface area (TPSA) is 96.1 Å². The van der Waals surface area contributed by atoms with Crippen LogP contribution in [0.3, 0.4) is 0 Å². The standard InChI is InChI=1S/C12H15FN4O3S/c1-14-6-8-7-15-16-12(8)21(18,19)17-9-3-4-11(20-2)10(13)5-9/h3-5,7,14,17H,6H2,1-2H3,(H,15,16). The van der Waals surface area contributed by atoms with E-state index in [0.717, 1.165) is 6.07 Å². The molecule has 0 radical (unpaired) electrons. The number of nitrogens with one attached hydrogen (secondary N) is 3. The maximum Gasteiger partial charge on any atom is 0.279 e. The summed E-state index contributed by atoms with van der Waals surface area (Å²) >= 11 is 0. The third kappa shape index (κ3) is 3.31. The quantitative estimate of drug-likeness (QED) is 0.741. The number of aromatic amines is 1. The molecular weight excluding hydrogens is 299 g/mol. The van der Waals surface area contributed by atoms with E-state index in [1.165, 1.54) is 25.4 Å². The average molecular weight is 314 g/mol. The third-order valence-corrected chi connectivity index (χ3v) is 4.11. The van der Waals surface area contributed by atoms with Gasteiger partial charge in [0.1, 0.15) is 0 Å². The Kier molecular flexibility index (Phi) is 4.43. The van der Waals surface area contributed by atoms with Gasteiger partial charge in [-0.1, -0.05) is 0 Å². The Morgan fingerprint density at radius 3 is 2.81 bits per heavy atom. The van der Waals surface area contributed by atoms with Gasteiger partial charge < -0.3 is 10.1 Å². The van der Waals surface area contributed by atoms with Gasteiger partial charge >= 0.3 is 0 Å². The summed E-state index contributed by atoms with van der Waals surface area (Å²) in [7, 11) is -0.854. The highest BCUT2D eigenvalue weighted by Gasteiger charge is 2.21. The van der Waals surface area contributed by atoms with E-state index in [0.29, 0.717) is 12.1 Å². The van der Waals surface area contributed by atoms with E-state index in [2.05, 4.69) is 20.2 Å². The molecule has 3 N–H and O–H groups in total. The zero-order chi connectivity index (χ0) is 15.5. The molecule has 0 saturated carbocycles. The fourth-order valence-electron chi connectivity index (χ4n) is 1.78. The minimum Gasteiger partial charge on any atom is -0.494 e. The van der Waals surface area contributed by atoms with Crippen molar-refractivity contribution in [3.8, 4) is 5.75 Å². The van der Waals surface area contributed by atoms with Gasteiger partial charge in [0.2, 0.25) is 0 Å². The number of aromatic nitrogens is 2. The summed E-state index contributed by atoms with van der Waals surface area (Å²) < 4.78 is 45.2. The van der Waals surface area contributed by atoms with Crippen molar-refractivity contribution in [3.63, 3.8) is 0 Å². The monoisotopic (exact) mass is 314 g/mol. The van der Waals surface area contributed by atoms with Crippen LogP contribution in [-0.2, 0) is 16.6 Å². The molecular formula is C12H15FN4O3S. The number of halogens is 1. The van der Waals surface area contributed by atoms with E-state index in [9.17, 15) is 12.8 Å². The van der Waals surface area contributed by atoms with Crippen LogP contribution in [0.5, 0.6) is 5.75 Å². The van der Waals surface area contributed by atoms with E-state index in [-0.39, 0.29) is 16.5 Å². The van der Waals surface area contributed by atoms with Crippen molar-refractivity contribution in [3.05, 3.63) is 35.8 Å². The first-order valence-corrected chi connectivity index (χ1v) is 7.49. The highest BCUT2D eigenvalue weighted by molar-refractivity contribution is 7.92. The lowest BCUT2D eigenvalue weighted by molar-refractivity contribution is 0.386. The smallest absolute Gasteiger partial charge is 0.279 e. The van der Waals surface area contributed by atoms with Gasteiger partial charge in [0.25, 0.3) is 10.0 Å². The molecule has 0 fully saturated rings. The Morgan fingerprint density at radius 2 is 2.19 bits per heavy atom. The van der Waals surface area contributed by atoms with Crippen LogP contribution in [0.15, 0.2) is 29.4 Å². The Morgan fingerprint density at radius 1 is 1.43 bits per heavy atom. The molecule has 0 atom stereocenters. The summed E-state index contributed by atoms with van der Waals surface area (Å²) in [6, 6.07) is 3.80. The molecule has 0 bridgehead atoms. The number of benzene rings is 1. The second-order valence-electron chi connectivity index (χ2n) is 4.21. The molecule has 0 spiro atoms. The van der Waals surface area contributed by atoms with Crippen molar-refractivity contribution in [1.82, 2.24) is 15.5 Å². The largest absolute Gasteiger partial charge is 0.494 e. The van der Waals surface area contributed by atoms with Gasteiger partial charge in [-0.25, -0.2) is 4.39 Å². The lowest BCUT2D eigenvalue weighted by Crippen LogP contribution is -2.17. The van der Waals surface area contributed by atoms with Crippen LogP contribution in [-0.4, -0.2) is 32.8 Å². The number of rotatable bonds is 6. The van der Waals surface area contributed by atoms with E-state index in [1.807, 2.05) is 0 Å². The van der Waals surface area contributed by atoms with Crippen molar-refractivity contribution in [2.24, 2.45) is 0 Å². The summed E-state index contributed by atoms with van der Waals surface area (Å²) in [4.78, 5) is 0. The highest BCUT2D eigenvalue weighted by Crippen LogP contribution is 2.23. The molecule has 1 aromatic carbocycles. The maximum atomic E-state index is 13.6. The lowest BCUT2D eigenvalue weighted by Gasteiger charge is -2.09. The molecule has 0 aliphatic rings. The van der Waals surface area contributed by atoms with Gasteiger partial charge in [0, 0.05) is 18.2 Å². The van der Waals surface area contributed by atoms with E-state index >= 15 is 0 Å². The molecule has 0 saturated heterocycles. The highest BCUT2D eigenvalue weighted by atomic mass is 32.2. The molecule has 0 amide bonds. The lowest BCUT2D eigenvalue weighted by atomic mass is 10.3. The van der Waals surface area contributed by atoms with Gasteiger partial charge in [-0.15, -0.1) is 0 Å². The first-order valence-electron chi connectivity index (χ1n) is 6.01. The zero-order valence-corrected chi connectivity index (χ0v) is 12.3. The van der Waals surface area contributed by atoms with E-state index in [1.54, 1.807) is 7.05 Å². The molecule has 2 rings (SSSR count). The van der Waals surface area contributed by atoms with Crippen LogP contribution in [0, 0.1) is 5.82 Å². The minimum atomic E-state index is -3.87. The number of anilines is 1. The predicted octanol–water partition coefficient (Wildman–Crippen LogP) is 1.08. The Bertz CT molecular complexity index is 730. The van der Waals surface area contributed by atoms with Crippen LogP contribution in [0.1, 0.15) is 5.56 Å². The molecule has 0 aliphatic carbocycles. The van der Waals surface area contributed by atoms with Crippen molar-refractivity contribution < 1.29 is 17.5 Å². The summed E-state index contributed by atoms with van der Waals surface area (Å²) in [5.74, 6) is -0.617. The van der Waals surface area contributed by atoms with Crippen LogP contribution >= 0.6 is 0 Å². The molecule has 0 unspecified atom stereocenters. The summed E-state index contributed by atoms with van der Waals surface area (Å²) in [5.41, 5.74) is 0.581. The molecule has 1 heterocycles. The molecule has 114 valence electrons. The molecule has 2 aromatic rings. The summed E-state index contributed by atoms with van der Waals surface area (Å²) in [5, 5.41) is 8.92. The number of sulfonamides is 1. The Hall–Kier alpha value is -2.13. The number of H-pyrrole nitrogens is 1. The van der Waals surface area contributed by atoms with Crippen molar-refractivity contribution in [1.29, 1.82) is 0 Å². The fourth-order valence-corrected chi connectivity index (χ4v) is 2.97. The van der Waals surface area contributed by atoms with Crippen LogP contribution in [0.25, 0.3) is 0 Å². The van der Waals surface area contributed by atoms with Gasteiger partial charge in [-0.2, -0.15) is 13.5 Å². The SMILES string of the molecule is CNCc1cn[nH]c1S(=O)(=O)Nc1ccc(OC)c(F)c1. The first-order chi connectivity index (χ1) is 9.97. The summed E-state index contributed by atoms with van der Waals surface area (Å²) in [6.07, 6.45) is 1.42. The van der Waals surface area contributed by atoms with Crippen molar-refractivity contribution in [2.75, 3.05) is 18.9 Å². The minimum absolute atomic E-state index is 0.0374. The van der Waals surface area contributed by atoms with Gasteiger partial charge in [0.05, 0.1) is 19.0 Å². The molecule has 1 aromatic heterocycles. The fraction of sp³-hybridized carbons (Fsp3) is 0.250. The van der Waals surface area contributed by atoms with Crippen molar-refractivity contribution in [2.45, 2.75) is 11.6 Å². The Labute approximate surface area is 121 Å². The maximum absolute atomic E-state index is 13.6. The predicted molar refractivity (Wildman–Crippen MR) is 75.1 cm³/mol. The normalized spacial score (nSPS) is 11.4. The van der Waals surface area contributed by atoms with E-state index in [4.69, 9.17) is 4.74 Å². The van der Waals surface area contributed by atoms with E-state index < -0.39 is 15.8 Å². The second-order valence-corrected chi connectivity index (χ2v) is 5.83. The summed E-state index contributed by atoms with van der Waals surface area (Å²) in [6.45, 7) is 0.337. The number of hydrogen-bond acceptors (Lipinski definition) is 5. The number of methoxy groups -OCH3 is 1. The first kappa shape index (κ1) is 15.3. The third-order valence-electron chi connectivity index (χ3n) is 2.72. The number of nitrogens with zero attached hydrogens (tertiary/aromatic N) is 1. The average Bonchev–Trinajstić information content (AvgIpc) is 2.88. The number of hydrogen-bond donors (Lipinski definition) is 3. The van der Waals surface area contributed by atoms with Gasteiger partial charge in [0.15, 0.2) is 16.6 Å².